The lowest BCUT2D eigenvalue weighted by molar-refractivity contribution is 0.332. The third-order valence-electron chi connectivity index (χ3n) is 3.24. The van der Waals surface area contributed by atoms with E-state index in [0.29, 0.717) is 12.5 Å². The summed E-state index contributed by atoms with van der Waals surface area (Å²) >= 11 is 0. The lowest BCUT2D eigenvalue weighted by Gasteiger charge is -2.11. The van der Waals surface area contributed by atoms with Crippen molar-refractivity contribution in [2.75, 3.05) is 18.5 Å². The second kappa shape index (κ2) is 6.99. The average Bonchev–Trinajstić information content (AvgIpc) is 2.44. The van der Waals surface area contributed by atoms with Gasteiger partial charge in [-0.1, -0.05) is 38.1 Å². The molecule has 0 aromatic heterocycles. The zero-order chi connectivity index (χ0) is 14.4. The van der Waals surface area contributed by atoms with Crippen LogP contribution in [-0.2, 0) is 0 Å². The summed E-state index contributed by atoms with van der Waals surface area (Å²) in [5, 5.41) is 3.37. The molecule has 0 aliphatic carbocycles. The molecule has 2 heteroatoms. The van der Waals surface area contributed by atoms with Gasteiger partial charge < -0.3 is 10.1 Å². The highest BCUT2D eigenvalue weighted by Crippen LogP contribution is 2.20. The van der Waals surface area contributed by atoms with E-state index in [0.717, 1.165) is 18.0 Å². The fourth-order valence-corrected chi connectivity index (χ4v) is 2.08. The van der Waals surface area contributed by atoms with Gasteiger partial charge >= 0.3 is 0 Å². The summed E-state index contributed by atoms with van der Waals surface area (Å²) in [4.78, 5) is 0. The van der Waals surface area contributed by atoms with Gasteiger partial charge in [0.25, 0.3) is 0 Å². The van der Waals surface area contributed by atoms with Crippen LogP contribution >= 0.6 is 0 Å². The molecule has 0 saturated heterocycles. The molecule has 0 spiro atoms. The first-order valence-corrected chi connectivity index (χ1v) is 7.18. The minimum atomic E-state index is 0.531. The average molecular weight is 269 g/mol. The smallest absolute Gasteiger partial charge is 0.119 e. The van der Waals surface area contributed by atoms with Gasteiger partial charge in [-0.15, -0.1) is 0 Å². The lowest BCUT2D eigenvalue weighted by atomic mass is 10.0. The molecule has 20 heavy (non-hydrogen) atoms. The summed E-state index contributed by atoms with van der Waals surface area (Å²) in [5.74, 6) is 1.48. The maximum Gasteiger partial charge on any atom is 0.119 e. The van der Waals surface area contributed by atoms with Gasteiger partial charge in [-0.2, -0.15) is 0 Å². The molecule has 106 valence electrons. The third-order valence-corrected chi connectivity index (χ3v) is 3.24. The van der Waals surface area contributed by atoms with Crippen molar-refractivity contribution in [2.45, 2.75) is 26.7 Å². The molecule has 2 nitrogen and oxygen atoms in total. The summed E-state index contributed by atoms with van der Waals surface area (Å²) in [7, 11) is 0. The van der Waals surface area contributed by atoms with Crippen LogP contribution in [0.4, 0.5) is 5.69 Å². The first-order chi connectivity index (χ1) is 9.65. The Morgan fingerprint density at radius 3 is 2.60 bits per heavy atom. The number of ether oxygens (including phenoxy) is 1. The summed E-state index contributed by atoms with van der Waals surface area (Å²) < 4.78 is 5.79. The predicted octanol–water partition coefficient (Wildman–Crippen LogP) is 4.61. The molecule has 2 aromatic carbocycles. The van der Waals surface area contributed by atoms with Crippen LogP contribution < -0.4 is 10.1 Å². The van der Waals surface area contributed by atoms with E-state index in [1.54, 1.807) is 0 Å². The topological polar surface area (TPSA) is 21.3 Å². The number of hydrogen-bond donors (Lipinski definition) is 1. The maximum atomic E-state index is 5.79. The Morgan fingerprint density at radius 2 is 1.85 bits per heavy atom. The number of hydrogen-bond acceptors (Lipinski definition) is 2. The number of nitrogens with one attached hydrogen (secondary N) is 1. The quantitative estimate of drug-likeness (QED) is 0.773. The Morgan fingerprint density at radius 1 is 1.05 bits per heavy atom. The van der Waals surface area contributed by atoms with E-state index in [9.17, 15) is 0 Å². The van der Waals surface area contributed by atoms with Crippen molar-refractivity contribution in [1.29, 1.82) is 0 Å². The number of benzene rings is 2. The van der Waals surface area contributed by atoms with Gasteiger partial charge in [0, 0.05) is 12.2 Å². The van der Waals surface area contributed by atoms with Crippen LogP contribution in [0.1, 0.15) is 30.9 Å². The molecule has 0 atom stereocenters. The van der Waals surface area contributed by atoms with E-state index in [2.05, 4.69) is 68.6 Å². The normalized spacial score (nSPS) is 10.6. The van der Waals surface area contributed by atoms with Gasteiger partial charge in [0.1, 0.15) is 12.4 Å². The zero-order valence-electron chi connectivity index (χ0n) is 12.5. The van der Waals surface area contributed by atoms with Gasteiger partial charge in [0.15, 0.2) is 0 Å². The summed E-state index contributed by atoms with van der Waals surface area (Å²) in [6, 6.07) is 16.7. The van der Waals surface area contributed by atoms with Crippen molar-refractivity contribution in [2.24, 2.45) is 0 Å². The molecule has 2 rings (SSSR count). The van der Waals surface area contributed by atoms with Crippen molar-refractivity contribution in [3.63, 3.8) is 0 Å². The highest BCUT2D eigenvalue weighted by Gasteiger charge is 2.00. The van der Waals surface area contributed by atoms with Crippen LogP contribution in [0.2, 0.25) is 0 Å². The van der Waals surface area contributed by atoms with E-state index in [4.69, 9.17) is 4.74 Å². The maximum absolute atomic E-state index is 5.79. The first kappa shape index (κ1) is 14.4. The van der Waals surface area contributed by atoms with Crippen LogP contribution in [0.5, 0.6) is 5.75 Å². The molecule has 1 N–H and O–H groups in total. The van der Waals surface area contributed by atoms with E-state index in [1.165, 1.54) is 11.1 Å². The Hall–Kier alpha value is -1.96. The Labute approximate surface area is 121 Å². The minimum Gasteiger partial charge on any atom is -0.492 e. The number of rotatable bonds is 6. The fraction of sp³-hybridized carbons (Fsp3) is 0.333. The molecule has 0 heterocycles. The van der Waals surface area contributed by atoms with Gasteiger partial charge in [0.2, 0.25) is 0 Å². The Kier molecular flexibility index (Phi) is 5.05. The van der Waals surface area contributed by atoms with Crippen LogP contribution in [-0.4, -0.2) is 13.2 Å². The monoisotopic (exact) mass is 269 g/mol. The molecule has 0 unspecified atom stereocenters. The summed E-state index contributed by atoms with van der Waals surface area (Å²) in [6.45, 7) is 7.95. The van der Waals surface area contributed by atoms with Gasteiger partial charge in [-0.25, -0.2) is 0 Å². The largest absolute Gasteiger partial charge is 0.492 e. The van der Waals surface area contributed by atoms with E-state index in [-0.39, 0.29) is 0 Å². The molecule has 2 aromatic rings. The zero-order valence-corrected chi connectivity index (χ0v) is 12.5. The molecule has 0 bridgehead atoms. The molecule has 0 aliphatic heterocycles. The lowest BCUT2D eigenvalue weighted by Crippen LogP contribution is -2.11. The Balaban J connectivity index is 1.80. The standard InChI is InChI=1S/C18H23NO/c1-14(2)16-7-5-9-18(13-16)20-11-10-19-17-8-4-6-15(3)12-17/h4-9,12-14,19H,10-11H2,1-3H3. The first-order valence-electron chi connectivity index (χ1n) is 7.18. The van der Waals surface area contributed by atoms with Crippen molar-refractivity contribution in [3.8, 4) is 5.75 Å². The molecule has 0 amide bonds. The van der Waals surface area contributed by atoms with Crippen LogP contribution in [0.3, 0.4) is 0 Å². The van der Waals surface area contributed by atoms with Gasteiger partial charge in [-0.05, 0) is 48.2 Å². The van der Waals surface area contributed by atoms with Crippen molar-refractivity contribution in [3.05, 3.63) is 59.7 Å². The van der Waals surface area contributed by atoms with Crippen LogP contribution in [0.25, 0.3) is 0 Å². The predicted molar refractivity (Wildman–Crippen MR) is 85.7 cm³/mol. The SMILES string of the molecule is Cc1cccc(NCCOc2cccc(C(C)C)c2)c1. The van der Waals surface area contributed by atoms with Gasteiger partial charge in [-0.3, -0.25) is 0 Å². The highest BCUT2D eigenvalue weighted by molar-refractivity contribution is 5.45. The molecule has 0 fully saturated rings. The van der Waals surface area contributed by atoms with Crippen LogP contribution in [0, 0.1) is 6.92 Å². The second-order valence-corrected chi connectivity index (χ2v) is 5.37. The molecule has 0 aliphatic rings. The highest BCUT2D eigenvalue weighted by atomic mass is 16.5. The fourth-order valence-electron chi connectivity index (χ4n) is 2.08. The molecular weight excluding hydrogens is 246 g/mol. The third kappa shape index (κ3) is 4.30. The van der Waals surface area contributed by atoms with Crippen molar-refractivity contribution in [1.82, 2.24) is 0 Å². The van der Waals surface area contributed by atoms with Crippen LogP contribution in [0.15, 0.2) is 48.5 Å². The van der Waals surface area contributed by atoms with E-state index in [1.807, 2.05) is 6.07 Å². The number of anilines is 1. The van der Waals surface area contributed by atoms with E-state index < -0.39 is 0 Å². The minimum absolute atomic E-state index is 0.531. The van der Waals surface area contributed by atoms with Crippen molar-refractivity contribution >= 4 is 5.69 Å². The summed E-state index contributed by atoms with van der Waals surface area (Å²) in [5.41, 5.74) is 3.72. The molecular formula is C18H23NO. The number of aryl methyl sites for hydroxylation is 1. The van der Waals surface area contributed by atoms with Gasteiger partial charge in [0.05, 0.1) is 0 Å². The molecule has 0 saturated carbocycles. The second-order valence-electron chi connectivity index (χ2n) is 5.37. The van der Waals surface area contributed by atoms with E-state index >= 15 is 0 Å². The molecule has 0 radical (unpaired) electrons. The summed E-state index contributed by atoms with van der Waals surface area (Å²) in [6.07, 6.45) is 0. The van der Waals surface area contributed by atoms with Crippen molar-refractivity contribution < 1.29 is 4.74 Å². The Bertz CT molecular complexity index is 549.